The Morgan fingerprint density at radius 3 is 2.44 bits per heavy atom. The van der Waals surface area contributed by atoms with Crippen molar-refractivity contribution in [3.63, 3.8) is 0 Å². The van der Waals surface area contributed by atoms with Gasteiger partial charge in [-0.2, -0.15) is 0 Å². The number of rotatable bonds is 8. The Hall–Kier alpha value is -2.41. The first-order valence-corrected chi connectivity index (χ1v) is 13.9. The van der Waals surface area contributed by atoms with Crippen molar-refractivity contribution in [2.45, 2.75) is 52.2 Å². The van der Waals surface area contributed by atoms with Crippen molar-refractivity contribution < 1.29 is 27.5 Å². The van der Waals surface area contributed by atoms with Gasteiger partial charge in [-0.25, -0.2) is 8.78 Å². The summed E-state index contributed by atoms with van der Waals surface area (Å²) in [5.74, 6) is -0.733. The maximum absolute atomic E-state index is 14.7. The molecule has 0 amide bonds. The number of ether oxygens (including phenoxy) is 2. The minimum Gasteiger partial charge on any atom is -0.543 e. The second kappa shape index (κ2) is 9.22. The Morgan fingerprint density at radius 2 is 1.81 bits per heavy atom. The zero-order chi connectivity index (χ0) is 23.7. The molecule has 3 rings (SSSR count). The fourth-order valence-electron chi connectivity index (χ4n) is 3.19. The standard InChI is InChI=1S/C25H32F2O4Si/c1-7-29-24(28)20-12-17(20)15-30-23-11-8-16(13-22(23)27)19-14-18(9-10-21(19)26)31-32(5,6)25(2,3)4/h8-11,13-14,17,20H,7,12,15H2,1-6H3. The zero-order valence-electron chi connectivity index (χ0n) is 19.6. The molecule has 0 saturated heterocycles. The van der Waals surface area contributed by atoms with Gasteiger partial charge in [0.2, 0.25) is 8.32 Å². The average molecular weight is 463 g/mol. The largest absolute Gasteiger partial charge is 0.543 e. The second-order valence-corrected chi connectivity index (χ2v) is 14.5. The third-order valence-corrected chi connectivity index (χ3v) is 10.7. The van der Waals surface area contributed by atoms with Gasteiger partial charge in [0.25, 0.3) is 0 Å². The van der Waals surface area contributed by atoms with Crippen LogP contribution in [0.2, 0.25) is 18.1 Å². The average Bonchev–Trinajstić information content (AvgIpc) is 3.47. The molecule has 7 heteroatoms. The smallest absolute Gasteiger partial charge is 0.309 e. The van der Waals surface area contributed by atoms with Crippen LogP contribution >= 0.6 is 0 Å². The van der Waals surface area contributed by atoms with Crippen molar-refractivity contribution in [2.24, 2.45) is 11.8 Å². The molecule has 0 N–H and O–H groups in total. The normalized spacial score (nSPS) is 18.2. The summed E-state index contributed by atoms with van der Waals surface area (Å²) in [4.78, 5) is 11.7. The summed E-state index contributed by atoms with van der Waals surface area (Å²) < 4.78 is 46.1. The lowest BCUT2D eigenvalue weighted by atomic mass is 10.0. The van der Waals surface area contributed by atoms with Crippen LogP contribution in [-0.2, 0) is 9.53 Å². The number of hydrogen-bond donors (Lipinski definition) is 0. The van der Waals surface area contributed by atoms with Crippen molar-refractivity contribution in [3.8, 4) is 22.6 Å². The Labute approximate surface area is 190 Å². The Kier molecular flexibility index (Phi) is 6.98. The van der Waals surface area contributed by atoms with Gasteiger partial charge in [-0.3, -0.25) is 4.79 Å². The number of carbonyl (C=O) groups excluding carboxylic acids is 1. The summed E-state index contributed by atoms with van der Waals surface area (Å²) in [6.45, 7) is 13.0. The highest BCUT2D eigenvalue weighted by atomic mass is 28.4. The molecule has 0 heterocycles. The van der Waals surface area contributed by atoms with E-state index in [4.69, 9.17) is 13.9 Å². The molecule has 0 spiro atoms. The monoisotopic (exact) mass is 462 g/mol. The van der Waals surface area contributed by atoms with Gasteiger partial charge < -0.3 is 13.9 Å². The number of esters is 1. The minimum absolute atomic E-state index is 0.000483. The van der Waals surface area contributed by atoms with Crippen LogP contribution in [0, 0.1) is 23.5 Å². The molecule has 1 aliphatic carbocycles. The number of benzene rings is 2. The lowest BCUT2D eigenvalue weighted by molar-refractivity contribution is -0.145. The molecule has 2 aromatic rings. The molecule has 2 unspecified atom stereocenters. The van der Waals surface area contributed by atoms with Crippen molar-refractivity contribution in [3.05, 3.63) is 48.0 Å². The van der Waals surface area contributed by atoms with E-state index < -0.39 is 20.0 Å². The lowest BCUT2D eigenvalue weighted by Crippen LogP contribution is -2.43. The zero-order valence-corrected chi connectivity index (χ0v) is 20.6. The van der Waals surface area contributed by atoms with Gasteiger partial charge in [0.05, 0.1) is 19.1 Å². The van der Waals surface area contributed by atoms with Crippen molar-refractivity contribution in [1.82, 2.24) is 0 Å². The first kappa shape index (κ1) is 24.2. The summed E-state index contributed by atoms with van der Waals surface area (Å²) in [5, 5.41) is 0.000483. The van der Waals surface area contributed by atoms with Gasteiger partial charge in [0.15, 0.2) is 11.6 Å². The third kappa shape index (κ3) is 5.49. The van der Waals surface area contributed by atoms with Crippen LogP contribution in [0.5, 0.6) is 11.5 Å². The summed E-state index contributed by atoms with van der Waals surface area (Å²) in [7, 11) is -2.09. The van der Waals surface area contributed by atoms with Gasteiger partial charge in [-0.05, 0) is 67.4 Å². The first-order chi connectivity index (χ1) is 14.9. The molecule has 0 radical (unpaired) electrons. The molecule has 0 aliphatic heterocycles. The predicted octanol–water partition coefficient (Wildman–Crippen LogP) is 6.59. The van der Waals surface area contributed by atoms with Gasteiger partial charge >= 0.3 is 5.97 Å². The van der Waals surface area contributed by atoms with Crippen molar-refractivity contribution >= 4 is 14.3 Å². The fraction of sp³-hybridized carbons (Fsp3) is 0.480. The van der Waals surface area contributed by atoms with E-state index in [9.17, 15) is 13.6 Å². The van der Waals surface area contributed by atoms with Crippen LogP contribution in [0.15, 0.2) is 36.4 Å². The molecule has 174 valence electrons. The third-order valence-electron chi connectivity index (χ3n) is 6.32. The molecule has 0 bridgehead atoms. The van der Waals surface area contributed by atoms with E-state index in [2.05, 4.69) is 33.9 Å². The predicted molar refractivity (Wildman–Crippen MR) is 123 cm³/mol. The van der Waals surface area contributed by atoms with Crippen LogP contribution in [0.25, 0.3) is 11.1 Å². The van der Waals surface area contributed by atoms with Gasteiger partial charge in [-0.1, -0.05) is 26.8 Å². The molecule has 4 nitrogen and oxygen atoms in total. The van der Waals surface area contributed by atoms with E-state index in [0.29, 0.717) is 24.3 Å². The van der Waals surface area contributed by atoms with E-state index in [0.717, 1.165) is 0 Å². The van der Waals surface area contributed by atoms with Gasteiger partial charge in [0.1, 0.15) is 11.6 Å². The van der Waals surface area contributed by atoms with E-state index in [-0.39, 0.29) is 40.8 Å². The van der Waals surface area contributed by atoms with E-state index in [1.165, 1.54) is 18.2 Å². The first-order valence-electron chi connectivity index (χ1n) is 11.0. The van der Waals surface area contributed by atoms with Gasteiger partial charge in [0, 0.05) is 11.5 Å². The van der Waals surface area contributed by atoms with Crippen molar-refractivity contribution in [2.75, 3.05) is 13.2 Å². The van der Waals surface area contributed by atoms with Crippen molar-refractivity contribution in [1.29, 1.82) is 0 Å². The van der Waals surface area contributed by atoms with E-state index in [1.807, 2.05) is 0 Å². The molecule has 1 fully saturated rings. The summed E-state index contributed by atoms with van der Waals surface area (Å²) in [6.07, 6.45) is 0.685. The highest BCUT2D eigenvalue weighted by Gasteiger charge is 2.44. The van der Waals surface area contributed by atoms with Crippen LogP contribution in [-0.4, -0.2) is 27.5 Å². The van der Waals surface area contributed by atoms with Gasteiger partial charge in [-0.15, -0.1) is 0 Å². The second-order valence-electron chi connectivity index (χ2n) is 9.81. The van der Waals surface area contributed by atoms with Crippen LogP contribution in [0.1, 0.15) is 34.1 Å². The fourth-order valence-corrected chi connectivity index (χ4v) is 4.21. The molecule has 32 heavy (non-hydrogen) atoms. The molecular formula is C25H32F2O4Si. The number of carbonyl (C=O) groups is 1. The molecule has 1 saturated carbocycles. The van der Waals surface area contributed by atoms with E-state index in [1.54, 1.807) is 25.1 Å². The van der Waals surface area contributed by atoms with Crippen LogP contribution < -0.4 is 9.16 Å². The Morgan fingerprint density at radius 1 is 1.09 bits per heavy atom. The molecule has 0 aromatic heterocycles. The Bertz CT molecular complexity index is 984. The SMILES string of the molecule is CCOC(=O)C1CC1COc1ccc(-c2cc(O[Si](C)(C)C(C)(C)C)ccc2F)cc1F. The quantitative estimate of drug-likeness (QED) is 0.328. The molecular weight excluding hydrogens is 430 g/mol. The topological polar surface area (TPSA) is 44.8 Å². The highest BCUT2D eigenvalue weighted by molar-refractivity contribution is 6.74. The summed E-state index contributed by atoms with van der Waals surface area (Å²) in [5.41, 5.74) is 0.681. The molecule has 1 aliphatic rings. The van der Waals surface area contributed by atoms with E-state index >= 15 is 0 Å². The summed E-state index contributed by atoms with van der Waals surface area (Å²) in [6, 6.07) is 8.97. The molecule has 2 aromatic carbocycles. The van der Waals surface area contributed by atoms with Crippen LogP contribution in [0.3, 0.4) is 0 Å². The Balaban J connectivity index is 1.71. The lowest BCUT2D eigenvalue weighted by Gasteiger charge is -2.36. The molecule has 2 atom stereocenters. The van der Waals surface area contributed by atoms with Crippen LogP contribution in [0.4, 0.5) is 8.78 Å². The maximum atomic E-state index is 14.7. The number of hydrogen-bond acceptors (Lipinski definition) is 4. The highest BCUT2D eigenvalue weighted by Crippen LogP contribution is 2.41. The number of halogens is 2. The summed E-state index contributed by atoms with van der Waals surface area (Å²) >= 11 is 0. The maximum Gasteiger partial charge on any atom is 0.309 e. The minimum atomic E-state index is -2.09.